The van der Waals surface area contributed by atoms with Crippen LogP contribution in [-0.4, -0.2) is 5.91 Å². The average Bonchev–Trinajstić information content (AvgIpc) is 2.71. The van der Waals surface area contributed by atoms with Gasteiger partial charge in [0.05, 0.1) is 11.6 Å². The lowest BCUT2D eigenvalue weighted by atomic mass is 10.1. The summed E-state index contributed by atoms with van der Waals surface area (Å²) in [5, 5.41) is 2.79. The van der Waals surface area contributed by atoms with Crippen molar-refractivity contribution in [3.05, 3.63) is 52.7 Å². The average molecular weight is 276 g/mol. The van der Waals surface area contributed by atoms with Crippen LogP contribution in [0.2, 0.25) is 0 Å². The minimum absolute atomic E-state index is 0.134. The molecule has 1 aromatic carbocycles. The molecule has 0 radical (unpaired) electrons. The van der Waals surface area contributed by atoms with Crippen LogP contribution in [0.3, 0.4) is 0 Å². The highest BCUT2D eigenvalue weighted by atomic mass is 19.1. The zero-order valence-corrected chi connectivity index (χ0v) is 11.7. The lowest BCUT2D eigenvalue weighted by molar-refractivity contribution is 0.0940. The Morgan fingerprint density at radius 2 is 2.05 bits per heavy atom. The molecule has 0 aliphatic carbocycles. The van der Waals surface area contributed by atoms with Crippen molar-refractivity contribution in [1.82, 2.24) is 5.32 Å². The number of benzene rings is 1. The summed E-state index contributed by atoms with van der Waals surface area (Å²) in [6.07, 6.45) is 0. The number of hydrogen-bond acceptors (Lipinski definition) is 3. The summed E-state index contributed by atoms with van der Waals surface area (Å²) >= 11 is 0. The van der Waals surface area contributed by atoms with Crippen LogP contribution >= 0.6 is 0 Å². The fourth-order valence-electron chi connectivity index (χ4n) is 2.16. The van der Waals surface area contributed by atoms with E-state index in [-0.39, 0.29) is 17.3 Å². The molecule has 1 atom stereocenters. The van der Waals surface area contributed by atoms with Crippen LogP contribution < -0.4 is 11.1 Å². The molecule has 0 fully saturated rings. The molecular formula is C15H17FN2O2. The maximum Gasteiger partial charge on any atom is 0.253 e. The molecular weight excluding hydrogens is 259 g/mol. The Kier molecular flexibility index (Phi) is 3.79. The summed E-state index contributed by atoms with van der Waals surface area (Å²) in [6, 6.07) is 5.35. The molecule has 4 nitrogen and oxygen atoms in total. The molecule has 1 heterocycles. The highest BCUT2D eigenvalue weighted by molar-refractivity contribution is 5.99. The van der Waals surface area contributed by atoms with Crippen LogP contribution in [0.1, 0.15) is 40.4 Å². The summed E-state index contributed by atoms with van der Waals surface area (Å²) < 4.78 is 18.6. The number of nitrogens with one attached hydrogen (secondary N) is 1. The molecule has 3 N–H and O–H groups in total. The Hall–Kier alpha value is -2.30. The molecule has 2 aromatic rings. The predicted molar refractivity (Wildman–Crippen MR) is 74.9 cm³/mol. The monoisotopic (exact) mass is 276 g/mol. The molecule has 20 heavy (non-hydrogen) atoms. The van der Waals surface area contributed by atoms with Gasteiger partial charge < -0.3 is 15.5 Å². The van der Waals surface area contributed by atoms with Gasteiger partial charge in [0.2, 0.25) is 0 Å². The van der Waals surface area contributed by atoms with Gasteiger partial charge in [-0.3, -0.25) is 4.79 Å². The SMILES string of the molecule is Cc1cc(C(C)NC(=O)c2cc(F)ccc2N)c(C)o1. The van der Waals surface area contributed by atoms with Crippen molar-refractivity contribution in [2.24, 2.45) is 0 Å². The molecule has 0 aliphatic rings. The van der Waals surface area contributed by atoms with Crippen LogP contribution in [0.15, 0.2) is 28.7 Å². The van der Waals surface area contributed by atoms with E-state index in [1.165, 1.54) is 12.1 Å². The maximum absolute atomic E-state index is 13.2. The molecule has 0 aliphatic heterocycles. The molecule has 1 aromatic heterocycles. The molecule has 0 bridgehead atoms. The lowest BCUT2D eigenvalue weighted by Gasteiger charge is -2.14. The van der Waals surface area contributed by atoms with Crippen molar-refractivity contribution in [1.29, 1.82) is 0 Å². The van der Waals surface area contributed by atoms with Crippen LogP contribution in [0.4, 0.5) is 10.1 Å². The van der Waals surface area contributed by atoms with E-state index in [0.717, 1.165) is 23.2 Å². The predicted octanol–water partition coefficient (Wildman–Crippen LogP) is 3.11. The van der Waals surface area contributed by atoms with E-state index in [9.17, 15) is 9.18 Å². The van der Waals surface area contributed by atoms with E-state index >= 15 is 0 Å². The van der Waals surface area contributed by atoms with Gasteiger partial charge in [-0.1, -0.05) is 0 Å². The number of amides is 1. The number of halogens is 1. The van der Waals surface area contributed by atoms with Gasteiger partial charge in [0, 0.05) is 11.3 Å². The molecule has 5 heteroatoms. The molecule has 0 saturated carbocycles. The van der Waals surface area contributed by atoms with Crippen molar-refractivity contribution in [3.8, 4) is 0 Å². The van der Waals surface area contributed by atoms with Gasteiger partial charge in [-0.15, -0.1) is 0 Å². The molecule has 106 valence electrons. The third-order valence-electron chi connectivity index (χ3n) is 3.15. The first-order chi connectivity index (χ1) is 9.38. The first-order valence-electron chi connectivity index (χ1n) is 6.31. The Morgan fingerprint density at radius 1 is 1.35 bits per heavy atom. The van der Waals surface area contributed by atoms with E-state index in [0.29, 0.717) is 0 Å². The maximum atomic E-state index is 13.2. The number of nitrogen functional groups attached to an aromatic ring is 1. The van der Waals surface area contributed by atoms with Crippen molar-refractivity contribution >= 4 is 11.6 Å². The number of carbonyl (C=O) groups excluding carboxylic acids is 1. The molecule has 2 rings (SSSR count). The highest BCUT2D eigenvalue weighted by Gasteiger charge is 2.17. The smallest absolute Gasteiger partial charge is 0.253 e. The van der Waals surface area contributed by atoms with E-state index in [2.05, 4.69) is 5.32 Å². The van der Waals surface area contributed by atoms with Crippen molar-refractivity contribution in [2.45, 2.75) is 26.8 Å². The van der Waals surface area contributed by atoms with Gasteiger partial charge >= 0.3 is 0 Å². The number of aryl methyl sites for hydroxylation is 2. The third-order valence-corrected chi connectivity index (χ3v) is 3.15. The van der Waals surface area contributed by atoms with E-state index in [4.69, 9.17) is 10.2 Å². The van der Waals surface area contributed by atoms with Crippen molar-refractivity contribution in [3.63, 3.8) is 0 Å². The van der Waals surface area contributed by atoms with Crippen molar-refractivity contribution in [2.75, 3.05) is 5.73 Å². The number of anilines is 1. The zero-order valence-electron chi connectivity index (χ0n) is 11.7. The highest BCUT2D eigenvalue weighted by Crippen LogP contribution is 2.22. The minimum atomic E-state index is -0.493. The third kappa shape index (κ3) is 2.82. The summed E-state index contributed by atoms with van der Waals surface area (Å²) in [5.41, 5.74) is 6.97. The van der Waals surface area contributed by atoms with Gasteiger partial charge in [0.15, 0.2) is 0 Å². The van der Waals surface area contributed by atoms with Crippen molar-refractivity contribution < 1.29 is 13.6 Å². The second kappa shape index (κ2) is 5.36. The number of hydrogen-bond donors (Lipinski definition) is 2. The van der Waals surface area contributed by atoms with Gasteiger partial charge in [0.25, 0.3) is 5.91 Å². The van der Waals surface area contributed by atoms with Gasteiger partial charge in [0.1, 0.15) is 17.3 Å². The standard InChI is InChI=1S/C15H17FN2O2/c1-8-6-12(10(3)20-8)9(2)18-15(19)13-7-11(16)4-5-14(13)17/h4-7,9H,17H2,1-3H3,(H,18,19). The molecule has 0 saturated heterocycles. The lowest BCUT2D eigenvalue weighted by Crippen LogP contribution is -2.27. The molecule has 1 amide bonds. The van der Waals surface area contributed by atoms with Crippen LogP contribution in [0.25, 0.3) is 0 Å². The summed E-state index contributed by atoms with van der Waals surface area (Å²) in [7, 11) is 0. The zero-order chi connectivity index (χ0) is 14.9. The van der Waals surface area contributed by atoms with Crippen LogP contribution in [-0.2, 0) is 0 Å². The van der Waals surface area contributed by atoms with Crippen LogP contribution in [0.5, 0.6) is 0 Å². The Balaban J connectivity index is 2.19. The summed E-state index contributed by atoms with van der Waals surface area (Å²) in [5.74, 6) is 0.631. The fourth-order valence-corrected chi connectivity index (χ4v) is 2.16. The quantitative estimate of drug-likeness (QED) is 0.846. The molecule has 0 spiro atoms. The largest absolute Gasteiger partial charge is 0.466 e. The summed E-state index contributed by atoms with van der Waals surface area (Å²) in [6.45, 7) is 5.52. The van der Waals surface area contributed by atoms with Crippen LogP contribution in [0, 0.1) is 19.7 Å². The Bertz CT molecular complexity index is 649. The van der Waals surface area contributed by atoms with E-state index < -0.39 is 11.7 Å². The van der Waals surface area contributed by atoms with E-state index in [1.807, 2.05) is 26.8 Å². The minimum Gasteiger partial charge on any atom is -0.466 e. The number of nitrogens with two attached hydrogens (primary N) is 1. The number of furan rings is 1. The normalized spacial score (nSPS) is 12.2. The van der Waals surface area contributed by atoms with E-state index in [1.54, 1.807) is 0 Å². The fraction of sp³-hybridized carbons (Fsp3) is 0.267. The second-order valence-electron chi connectivity index (χ2n) is 4.80. The first-order valence-corrected chi connectivity index (χ1v) is 6.31. The summed E-state index contributed by atoms with van der Waals surface area (Å²) in [4.78, 5) is 12.1. The van der Waals surface area contributed by atoms with Gasteiger partial charge in [-0.25, -0.2) is 4.39 Å². The Morgan fingerprint density at radius 3 is 2.65 bits per heavy atom. The molecule has 1 unspecified atom stereocenters. The Labute approximate surface area is 116 Å². The first kappa shape index (κ1) is 14.1. The second-order valence-corrected chi connectivity index (χ2v) is 4.80. The topological polar surface area (TPSA) is 68.3 Å². The van der Waals surface area contributed by atoms with Gasteiger partial charge in [-0.2, -0.15) is 0 Å². The number of rotatable bonds is 3. The van der Waals surface area contributed by atoms with Gasteiger partial charge in [-0.05, 0) is 45.0 Å². The number of carbonyl (C=O) groups is 1.